The number of benzene rings is 1. The van der Waals surface area contributed by atoms with Crippen LogP contribution >= 0.6 is 11.8 Å². The van der Waals surface area contributed by atoms with Crippen molar-refractivity contribution in [2.75, 3.05) is 0 Å². The van der Waals surface area contributed by atoms with Gasteiger partial charge in [0.05, 0.1) is 0 Å². The molecule has 0 saturated carbocycles. The summed E-state index contributed by atoms with van der Waals surface area (Å²) >= 11 is 1.71. The monoisotopic (exact) mass is 232 g/mol. The van der Waals surface area contributed by atoms with E-state index in [1.807, 2.05) is 38.1 Å². The van der Waals surface area contributed by atoms with Gasteiger partial charge in [0.25, 0.3) is 0 Å². The zero-order valence-electron chi connectivity index (χ0n) is 9.69. The zero-order valence-corrected chi connectivity index (χ0v) is 10.5. The summed E-state index contributed by atoms with van der Waals surface area (Å²) in [6, 6.07) is 10.2. The highest BCUT2D eigenvalue weighted by atomic mass is 32.2. The Balaban J connectivity index is 2.11. The van der Waals surface area contributed by atoms with Crippen LogP contribution in [0.5, 0.6) is 0 Å². The molecule has 0 saturated heterocycles. The van der Waals surface area contributed by atoms with Gasteiger partial charge in [0.15, 0.2) is 5.78 Å². The van der Waals surface area contributed by atoms with Crippen molar-refractivity contribution in [2.45, 2.75) is 31.6 Å². The molecule has 0 aliphatic heterocycles. The van der Waals surface area contributed by atoms with Gasteiger partial charge in [0.2, 0.25) is 0 Å². The van der Waals surface area contributed by atoms with E-state index >= 15 is 0 Å². The van der Waals surface area contributed by atoms with E-state index in [-0.39, 0.29) is 11.2 Å². The fourth-order valence-electron chi connectivity index (χ4n) is 1.69. The molecule has 1 aromatic carbocycles. The number of hydrogen-bond donors (Lipinski definition) is 0. The average Bonchev–Trinajstić information content (AvgIpc) is 2.26. The van der Waals surface area contributed by atoms with Gasteiger partial charge in [0, 0.05) is 10.3 Å². The molecular weight excluding hydrogens is 216 g/mol. The fourth-order valence-corrected chi connectivity index (χ4v) is 2.66. The number of thioether (sulfide) groups is 1. The van der Waals surface area contributed by atoms with Gasteiger partial charge in [0.1, 0.15) is 0 Å². The quantitative estimate of drug-likeness (QED) is 0.765. The summed E-state index contributed by atoms with van der Waals surface area (Å²) in [6.07, 6.45) is 3.79. The molecule has 1 aliphatic rings. The number of carbonyl (C=O) groups is 1. The molecule has 2 heteroatoms. The second-order valence-corrected chi connectivity index (χ2v) is 5.97. The Kier molecular flexibility index (Phi) is 3.20. The second kappa shape index (κ2) is 4.46. The lowest BCUT2D eigenvalue weighted by Gasteiger charge is -2.26. The van der Waals surface area contributed by atoms with Crippen LogP contribution in [0.1, 0.15) is 26.7 Å². The third-order valence-electron chi connectivity index (χ3n) is 2.95. The first-order chi connectivity index (χ1) is 7.58. The molecule has 0 heterocycles. The predicted octanol–water partition coefficient (Wildman–Crippen LogP) is 4.05. The highest BCUT2D eigenvalue weighted by molar-refractivity contribution is 8.03. The lowest BCUT2D eigenvalue weighted by molar-refractivity contribution is -0.122. The maximum absolute atomic E-state index is 11.8. The van der Waals surface area contributed by atoms with Crippen molar-refractivity contribution in [3.8, 4) is 0 Å². The Hall–Kier alpha value is -1.02. The molecule has 0 aromatic heterocycles. The Bertz CT molecular complexity index is 418. The van der Waals surface area contributed by atoms with Crippen LogP contribution in [0.2, 0.25) is 0 Å². The van der Waals surface area contributed by atoms with Gasteiger partial charge in [-0.15, -0.1) is 0 Å². The standard InChI is InChI=1S/C14H16OS/c1-14(2)9-8-12(10-13(14)15)16-11-6-4-3-5-7-11/h3-7,10H,8-9H2,1-2H3. The van der Waals surface area contributed by atoms with E-state index in [0.29, 0.717) is 0 Å². The van der Waals surface area contributed by atoms with Crippen molar-refractivity contribution in [1.29, 1.82) is 0 Å². The minimum absolute atomic E-state index is 0.166. The van der Waals surface area contributed by atoms with E-state index in [0.717, 1.165) is 12.8 Å². The third kappa shape index (κ3) is 2.56. The third-order valence-corrected chi connectivity index (χ3v) is 4.04. The van der Waals surface area contributed by atoms with Crippen LogP contribution in [0.3, 0.4) is 0 Å². The van der Waals surface area contributed by atoms with Crippen LogP contribution < -0.4 is 0 Å². The first-order valence-corrected chi connectivity index (χ1v) is 6.37. The van der Waals surface area contributed by atoms with E-state index in [4.69, 9.17) is 0 Å². The van der Waals surface area contributed by atoms with Gasteiger partial charge >= 0.3 is 0 Å². The highest BCUT2D eigenvalue weighted by Gasteiger charge is 2.29. The minimum atomic E-state index is -0.166. The lowest BCUT2D eigenvalue weighted by Crippen LogP contribution is -2.25. The molecule has 0 atom stereocenters. The normalized spacial score (nSPS) is 19.4. The number of ketones is 1. The van der Waals surface area contributed by atoms with Crippen LogP contribution in [-0.4, -0.2) is 5.78 Å². The molecule has 84 valence electrons. The molecule has 0 unspecified atom stereocenters. The Labute approximate surface area is 101 Å². The van der Waals surface area contributed by atoms with E-state index in [1.54, 1.807) is 11.8 Å². The van der Waals surface area contributed by atoms with Gasteiger partial charge in [-0.25, -0.2) is 0 Å². The summed E-state index contributed by atoms with van der Waals surface area (Å²) in [5, 5.41) is 0. The van der Waals surface area contributed by atoms with Crippen molar-refractivity contribution < 1.29 is 4.79 Å². The summed E-state index contributed by atoms with van der Waals surface area (Å²) in [6.45, 7) is 4.05. The van der Waals surface area contributed by atoms with E-state index in [9.17, 15) is 4.79 Å². The summed E-state index contributed by atoms with van der Waals surface area (Å²) < 4.78 is 0. The molecule has 1 nitrogen and oxygen atoms in total. The van der Waals surface area contributed by atoms with E-state index in [1.165, 1.54) is 9.80 Å². The summed E-state index contributed by atoms with van der Waals surface area (Å²) in [5.41, 5.74) is -0.166. The molecule has 0 amide bonds. The topological polar surface area (TPSA) is 17.1 Å². The maximum atomic E-state index is 11.8. The Morgan fingerprint density at radius 2 is 1.88 bits per heavy atom. The summed E-state index contributed by atoms with van der Waals surface area (Å²) in [5.74, 6) is 0.261. The molecule has 2 rings (SSSR count). The van der Waals surface area contributed by atoms with Gasteiger partial charge in [-0.3, -0.25) is 4.79 Å². The Morgan fingerprint density at radius 1 is 1.19 bits per heavy atom. The van der Waals surface area contributed by atoms with Crippen LogP contribution in [0.25, 0.3) is 0 Å². The largest absolute Gasteiger partial charge is 0.294 e. The van der Waals surface area contributed by atoms with Crippen LogP contribution in [0.15, 0.2) is 46.2 Å². The lowest BCUT2D eigenvalue weighted by atomic mass is 9.80. The van der Waals surface area contributed by atoms with Crippen LogP contribution in [0, 0.1) is 5.41 Å². The van der Waals surface area contributed by atoms with Crippen molar-refractivity contribution in [1.82, 2.24) is 0 Å². The van der Waals surface area contributed by atoms with Gasteiger partial charge in [-0.2, -0.15) is 0 Å². The zero-order chi connectivity index (χ0) is 11.6. The van der Waals surface area contributed by atoms with Crippen molar-refractivity contribution in [3.05, 3.63) is 41.3 Å². The Morgan fingerprint density at radius 3 is 2.50 bits per heavy atom. The number of carbonyl (C=O) groups excluding carboxylic acids is 1. The molecular formula is C14H16OS. The average molecular weight is 232 g/mol. The summed E-state index contributed by atoms with van der Waals surface area (Å²) in [7, 11) is 0. The first-order valence-electron chi connectivity index (χ1n) is 5.56. The molecule has 0 spiro atoms. The van der Waals surface area contributed by atoms with Crippen LogP contribution in [-0.2, 0) is 4.79 Å². The molecule has 1 aromatic rings. The number of rotatable bonds is 2. The predicted molar refractivity (Wildman–Crippen MR) is 68.4 cm³/mol. The molecule has 16 heavy (non-hydrogen) atoms. The molecule has 0 bridgehead atoms. The van der Waals surface area contributed by atoms with E-state index < -0.39 is 0 Å². The van der Waals surface area contributed by atoms with Crippen molar-refractivity contribution in [2.24, 2.45) is 5.41 Å². The van der Waals surface area contributed by atoms with Gasteiger partial charge in [-0.1, -0.05) is 43.8 Å². The van der Waals surface area contributed by atoms with Crippen LogP contribution in [0.4, 0.5) is 0 Å². The fraction of sp³-hybridized carbons (Fsp3) is 0.357. The second-order valence-electron chi connectivity index (χ2n) is 4.77. The number of hydrogen-bond acceptors (Lipinski definition) is 2. The van der Waals surface area contributed by atoms with Gasteiger partial charge in [-0.05, 0) is 36.0 Å². The SMILES string of the molecule is CC1(C)CCC(Sc2ccccc2)=CC1=O. The highest BCUT2D eigenvalue weighted by Crippen LogP contribution is 2.38. The maximum Gasteiger partial charge on any atom is 0.162 e. The van der Waals surface area contributed by atoms with E-state index in [2.05, 4.69) is 12.1 Å². The first kappa shape index (κ1) is 11.5. The summed E-state index contributed by atoms with van der Waals surface area (Å²) in [4.78, 5) is 14.2. The number of allylic oxidation sites excluding steroid dienone is 2. The molecule has 0 fully saturated rings. The minimum Gasteiger partial charge on any atom is -0.294 e. The molecule has 0 radical (unpaired) electrons. The molecule has 1 aliphatic carbocycles. The smallest absolute Gasteiger partial charge is 0.162 e. The van der Waals surface area contributed by atoms with Crippen molar-refractivity contribution >= 4 is 17.5 Å². The van der Waals surface area contributed by atoms with Crippen molar-refractivity contribution in [3.63, 3.8) is 0 Å². The molecule has 0 N–H and O–H groups in total. The van der Waals surface area contributed by atoms with Gasteiger partial charge < -0.3 is 0 Å².